The Morgan fingerprint density at radius 2 is 2.24 bits per heavy atom. The summed E-state index contributed by atoms with van der Waals surface area (Å²) in [6.07, 6.45) is 4.29. The van der Waals surface area contributed by atoms with Gasteiger partial charge in [-0.05, 0) is 30.0 Å². The first-order valence-corrected chi connectivity index (χ1v) is 6.23. The van der Waals surface area contributed by atoms with Crippen molar-refractivity contribution in [3.8, 4) is 0 Å². The van der Waals surface area contributed by atoms with E-state index in [9.17, 15) is 4.79 Å². The van der Waals surface area contributed by atoms with Crippen LogP contribution in [0, 0.1) is 5.92 Å². The van der Waals surface area contributed by atoms with Crippen LogP contribution in [0.5, 0.6) is 0 Å². The highest BCUT2D eigenvalue weighted by Gasteiger charge is 2.22. The van der Waals surface area contributed by atoms with Crippen LogP contribution in [0.25, 0.3) is 0 Å². The largest absolute Gasteiger partial charge is 0.399 e. The molecule has 17 heavy (non-hydrogen) atoms. The van der Waals surface area contributed by atoms with Gasteiger partial charge in [0.1, 0.15) is 0 Å². The quantitative estimate of drug-likeness (QED) is 0.790. The molecule has 1 aromatic carbocycles. The van der Waals surface area contributed by atoms with Gasteiger partial charge in [0.2, 0.25) is 5.91 Å². The van der Waals surface area contributed by atoms with E-state index in [4.69, 9.17) is 5.73 Å². The molecule has 0 aliphatic heterocycles. The molecule has 0 bridgehead atoms. The molecule has 1 aliphatic carbocycles. The number of nitrogen functional groups attached to an aromatic ring is 1. The van der Waals surface area contributed by atoms with Crippen LogP contribution in [0.15, 0.2) is 24.3 Å². The second-order valence-corrected chi connectivity index (χ2v) is 4.97. The maximum Gasteiger partial charge on any atom is 0.226 e. The normalized spacial score (nSPS) is 14.6. The van der Waals surface area contributed by atoms with Gasteiger partial charge < -0.3 is 10.6 Å². The molecule has 2 rings (SSSR count). The van der Waals surface area contributed by atoms with Gasteiger partial charge in [-0.2, -0.15) is 0 Å². The van der Waals surface area contributed by atoms with Crippen molar-refractivity contribution in [3.05, 3.63) is 29.8 Å². The van der Waals surface area contributed by atoms with Crippen molar-refractivity contribution in [2.75, 3.05) is 19.3 Å². The summed E-state index contributed by atoms with van der Waals surface area (Å²) in [5.74, 6) is 1.05. The van der Waals surface area contributed by atoms with E-state index in [1.165, 1.54) is 12.8 Å². The van der Waals surface area contributed by atoms with Crippen molar-refractivity contribution in [2.24, 2.45) is 5.92 Å². The number of amides is 1. The van der Waals surface area contributed by atoms with Crippen LogP contribution < -0.4 is 5.73 Å². The van der Waals surface area contributed by atoms with Crippen LogP contribution >= 0.6 is 0 Å². The average Bonchev–Trinajstić information content (AvgIpc) is 3.09. The van der Waals surface area contributed by atoms with Crippen molar-refractivity contribution < 1.29 is 4.79 Å². The fourth-order valence-corrected chi connectivity index (χ4v) is 1.92. The number of nitrogens with two attached hydrogens (primary N) is 1. The van der Waals surface area contributed by atoms with Gasteiger partial charge in [0.25, 0.3) is 0 Å². The third kappa shape index (κ3) is 3.77. The summed E-state index contributed by atoms with van der Waals surface area (Å²) in [4.78, 5) is 13.8. The van der Waals surface area contributed by atoms with Gasteiger partial charge in [-0.25, -0.2) is 0 Å². The Hall–Kier alpha value is -1.51. The highest BCUT2D eigenvalue weighted by atomic mass is 16.2. The Labute approximate surface area is 103 Å². The Morgan fingerprint density at radius 3 is 2.88 bits per heavy atom. The number of hydrogen-bond donors (Lipinski definition) is 1. The maximum atomic E-state index is 11.9. The van der Waals surface area contributed by atoms with E-state index in [2.05, 4.69) is 0 Å². The first-order valence-electron chi connectivity index (χ1n) is 6.23. The molecule has 92 valence electrons. The molecular formula is C14H20N2O. The monoisotopic (exact) mass is 232 g/mol. The summed E-state index contributed by atoms with van der Waals surface area (Å²) in [7, 11) is 1.89. The molecule has 1 fully saturated rings. The molecule has 3 heteroatoms. The topological polar surface area (TPSA) is 46.3 Å². The van der Waals surface area contributed by atoms with Gasteiger partial charge in [-0.3, -0.25) is 4.79 Å². The number of anilines is 1. The predicted octanol–water partition coefficient (Wildman–Crippen LogP) is 2.07. The minimum Gasteiger partial charge on any atom is -0.399 e. The summed E-state index contributed by atoms with van der Waals surface area (Å²) >= 11 is 0. The summed E-state index contributed by atoms with van der Waals surface area (Å²) < 4.78 is 0. The summed E-state index contributed by atoms with van der Waals surface area (Å²) in [6.45, 7) is 0.881. The molecule has 3 nitrogen and oxygen atoms in total. The van der Waals surface area contributed by atoms with Crippen LogP contribution in [-0.2, 0) is 11.2 Å². The minimum atomic E-state index is 0.177. The fourth-order valence-electron chi connectivity index (χ4n) is 1.92. The summed E-state index contributed by atoms with van der Waals surface area (Å²) in [5, 5.41) is 0. The maximum absolute atomic E-state index is 11.9. The molecule has 1 saturated carbocycles. The Morgan fingerprint density at radius 1 is 1.47 bits per heavy atom. The summed E-state index contributed by atoms with van der Waals surface area (Å²) in [6, 6.07) is 7.54. The Kier molecular flexibility index (Phi) is 3.67. The van der Waals surface area contributed by atoms with Crippen LogP contribution in [0.4, 0.5) is 5.69 Å². The molecule has 1 aliphatic rings. The van der Waals surface area contributed by atoms with Crippen LogP contribution in [-0.4, -0.2) is 24.4 Å². The van der Waals surface area contributed by atoms with Gasteiger partial charge in [-0.15, -0.1) is 0 Å². The van der Waals surface area contributed by atoms with Crippen molar-refractivity contribution in [3.63, 3.8) is 0 Å². The van der Waals surface area contributed by atoms with Gasteiger partial charge in [-0.1, -0.05) is 25.0 Å². The molecule has 0 unspecified atom stereocenters. The molecule has 0 aromatic heterocycles. The van der Waals surface area contributed by atoms with E-state index in [-0.39, 0.29) is 5.91 Å². The van der Waals surface area contributed by atoms with Crippen molar-refractivity contribution in [1.29, 1.82) is 0 Å². The molecule has 1 aromatic rings. The SMILES string of the molecule is CN(CCC1CC1)C(=O)Cc1cccc(N)c1. The van der Waals surface area contributed by atoms with E-state index in [0.717, 1.165) is 30.1 Å². The molecule has 0 spiro atoms. The van der Waals surface area contributed by atoms with Crippen molar-refractivity contribution in [1.82, 2.24) is 4.90 Å². The predicted molar refractivity (Wildman–Crippen MR) is 69.5 cm³/mol. The van der Waals surface area contributed by atoms with E-state index in [1.807, 2.05) is 36.2 Å². The average molecular weight is 232 g/mol. The van der Waals surface area contributed by atoms with E-state index in [1.54, 1.807) is 0 Å². The fraction of sp³-hybridized carbons (Fsp3) is 0.500. The Balaban J connectivity index is 1.82. The lowest BCUT2D eigenvalue weighted by molar-refractivity contribution is -0.129. The van der Waals surface area contributed by atoms with E-state index < -0.39 is 0 Å². The number of rotatable bonds is 5. The van der Waals surface area contributed by atoms with Crippen LogP contribution in [0.3, 0.4) is 0 Å². The zero-order valence-corrected chi connectivity index (χ0v) is 10.4. The first kappa shape index (κ1) is 12.0. The minimum absolute atomic E-state index is 0.177. The molecule has 0 heterocycles. The highest BCUT2D eigenvalue weighted by Crippen LogP contribution is 2.32. The van der Waals surface area contributed by atoms with E-state index in [0.29, 0.717) is 6.42 Å². The van der Waals surface area contributed by atoms with Crippen LogP contribution in [0.2, 0.25) is 0 Å². The zero-order chi connectivity index (χ0) is 12.3. The first-order chi connectivity index (χ1) is 8.15. The molecule has 0 radical (unpaired) electrons. The Bertz CT molecular complexity index is 399. The van der Waals surface area contributed by atoms with Gasteiger partial charge in [0.15, 0.2) is 0 Å². The smallest absolute Gasteiger partial charge is 0.226 e. The molecular weight excluding hydrogens is 212 g/mol. The lowest BCUT2D eigenvalue weighted by atomic mass is 10.1. The third-order valence-electron chi connectivity index (χ3n) is 3.30. The lowest BCUT2D eigenvalue weighted by Crippen LogP contribution is -2.29. The van der Waals surface area contributed by atoms with Crippen molar-refractivity contribution >= 4 is 11.6 Å². The van der Waals surface area contributed by atoms with Gasteiger partial charge >= 0.3 is 0 Å². The lowest BCUT2D eigenvalue weighted by Gasteiger charge is -2.17. The molecule has 1 amide bonds. The number of hydrogen-bond acceptors (Lipinski definition) is 2. The number of likely N-dealkylation sites (N-methyl/N-ethyl adjacent to an activating group) is 1. The second kappa shape index (κ2) is 5.21. The standard InChI is InChI=1S/C14H20N2O/c1-16(8-7-11-5-6-11)14(17)10-12-3-2-4-13(15)9-12/h2-4,9,11H,5-8,10,15H2,1H3. The summed E-state index contributed by atoms with van der Waals surface area (Å²) in [5.41, 5.74) is 7.40. The van der Waals surface area contributed by atoms with Gasteiger partial charge in [0.05, 0.1) is 6.42 Å². The molecule has 0 atom stereocenters. The number of nitrogens with zero attached hydrogens (tertiary/aromatic N) is 1. The van der Waals surface area contributed by atoms with E-state index >= 15 is 0 Å². The zero-order valence-electron chi connectivity index (χ0n) is 10.4. The molecule has 2 N–H and O–H groups in total. The van der Waals surface area contributed by atoms with Crippen molar-refractivity contribution in [2.45, 2.75) is 25.7 Å². The number of carbonyl (C=O) groups excluding carboxylic acids is 1. The van der Waals surface area contributed by atoms with Crippen LogP contribution in [0.1, 0.15) is 24.8 Å². The van der Waals surface area contributed by atoms with Gasteiger partial charge in [0, 0.05) is 19.3 Å². The number of carbonyl (C=O) groups is 1. The molecule has 0 saturated heterocycles. The third-order valence-corrected chi connectivity index (χ3v) is 3.30. The second-order valence-electron chi connectivity index (χ2n) is 4.97. The number of benzene rings is 1. The highest BCUT2D eigenvalue weighted by molar-refractivity contribution is 5.78.